The largest absolute Gasteiger partial charge is 0.513 e. The number of carbonyl (C=O) groups excluding carboxylic acids is 3. The molecule has 1 aliphatic heterocycles. The van der Waals surface area contributed by atoms with Gasteiger partial charge in [-0.3, -0.25) is 4.79 Å². The van der Waals surface area contributed by atoms with Crippen molar-refractivity contribution < 1.29 is 42.8 Å². The Balaban J connectivity index is 2.34. The SMILES string of the molecule is COC(=O)OC1=C(C)NC(C)=C(OC(=O)OCCOC(C)=O)C1c1cccc(OC)c1. The second kappa shape index (κ2) is 10.9. The van der Waals surface area contributed by atoms with Crippen LogP contribution in [0.25, 0.3) is 0 Å². The summed E-state index contributed by atoms with van der Waals surface area (Å²) < 4.78 is 30.4. The Morgan fingerprint density at radius 3 is 2.13 bits per heavy atom. The minimum Gasteiger partial charge on any atom is -0.497 e. The molecule has 0 saturated heterocycles. The third-order valence-corrected chi connectivity index (χ3v) is 4.23. The highest BCUT2D eigenvalue weighted by molar-refractivity contribution is 5.66. The van der Waals surface area contributed by atoms with Crippen molar-refractivity contribution in [3.05, 3.63) is 52.7 Å². The maximum atomic E-state index is 12.2. The third-order valence-electron chi connectivity index (χ3n) is 4.23. The Labute approximate surface area is 179 Å². The molecule has 1 atom stereocenters. The van der Waals surface area contributed by atoms with E-state index in [1.807, 2.05) is 0 Å². The lowest BCUT2D eigenvalue weighted by molar-refractivity contribution is -0.142. The highest BCUT2D eigenvalue weighted by atomic mass is 16.7. The number of methoxy groups -OCH3 is 2. The fourth-order valence-corrected chi connectivity index (χ4v) is 2.91. The standard InChI is InChI=1S/C21H25NO9/c1-12-18(30-20(24)27-5)17(15-7-6-8-16(11-15)26-4)19(13(2)22-12)31-21(25)29-10-9-28-14(3)23/h6-8,11,17,22H,9-10H2,1-5H3. The van der Waals surface area contributed by atoms with Gasteiger partial charge in [-0.15, -0.1) is 0 Å². The molecule has 0 bridgehead atoms. The van der Waals surface area contributed by atoms with Crippen LogP contribution in [0, 0.1) is 0 Å². The molecule has 1 unspecified atom stereocenters. The van der Waals surface area contributed by atoms with Crippen molar-refractivity contribution in [3.8, 4) is 5.75 Å². The molecule has 0 spiro atoms. The van der Waals surface area contributed by atoms with E-state index >= 15 is 0 Å². The second-order valence-electron chi connectivity index (χ2n) is 6.41. The molecule has 0 aliphatic carbocycles. The Morgan fingerprint density at radius 2 is 1.55 bits per heavy atom. The number of rotatable bonds is 7. The molecule has 1 aliphatic rings. The van der Waals surface area contributed by atoms with Crippen LogP contribution < -0.4 is 10.1 Å². The lowest BCUT2D eigenvalue weighted by atomic mass is 9.90. The van der Waals surface area contributed by atoms with Crippen molar-refractivity contribution in [1.29, 1.82) is 0 Å². The smallest absolute Gasteiger partial charge is 0.497 e. The number of hydrogen-bond donors (Lipinski definition) is 1. The number of nitrogens with one attached hydrogen (secondary N) is 1. The molecule has 1 aromatic rings. The zero-order chi connectivity index (χ0) is 23.0. The van der Waals surface area contributed by atoms with Crippen molar-refractivity contribution in [2.45, 2.75) is 26.7 Å². The van der Waals surface area contributed by atoms with Crippen molar-refractivity contribution in [3.63, 3.8) is 0 Å². The van der Waals surface area contributed by atoms with Gasteiger partial charge in [0.1, 0.15) is 36.4 Å². The van der Waals surface area contributed by atoms with Gasteiger partial charge in [0.15, 0.2) is 0 Å². The molecule has 2 rings (SSSR count). The molecule has 0 aromatic heterocycles. The monoisotopic (exact) mass is 435 g/mol. The maximum absolute atomic E-state index is 12.2. The van der Waals surface area contributed by atoms with E-state index in [1.54, 1.807) is 38.1 Å². The summed E-state index contributed by atoms with van der Waals surface area (Å²) in [4.78, 5) is 34.9. The quantitative estimate of drug-likeness (QED) is 0.388. The predicted octanol–water partition coefficient (Wildman–Crippen LogP) is 3.34. The molecule has 0 fully saturated rings. The molecular weight excluding hydrogens is 410 g/mol. The number of esters is 1. The molecular formula is C21H25NO9. The summed E-state index contributed by atoms with van der Waals surface area (Å²) in [5.41, 5.74) is 1.69. The van der Waals surface area contributed by atoms with E-state index < -0.39 is 24.2 Å². The first kappa shape index (κ1) is 23.6. The van der Waals surface area contributed by atoms with Crippen molar-refractivity contribution in [2.24, 2.45) is 0 Å². The average Bonchev–Trinajstić information content (AvgIpc) is 2.74. The van der Waals surface area contributed by atoms with Gasteiger partial charge in [0.2, 0.25) is 0 Å². The van der Waals surface area contributed by atoms with E-state index in [1.165, 1.54) is 21.1 Å². The highest BCUT2D eigenvalue weighted by Gasteiger charge is 2.35. The van der Waals surface area contributed by atoms with Crippen molar-refractivity contribution in [2.75, 3.05) is 27.4 Å². The normalized spacial score (nSPS) is 15.6. The molecule has 0 saturated carbocycles. The van der Waals surface area contributed by atoms with Gasteiger partial charge in [-0.2, -0.15) is 0 Å². The van der Waals surface area contributed by atoms with E-state index in [9.17, 15) is 14.4 Å². The Hall–Kier alpha value is -3.69. The summed E-state index contributed by atoms with van der Waals surface area (Å²) in [6.45, 7) is 4.38. The van der Waals surface area contributed by atoms with Gasteiger partial charge >= 0.3 is 18.3 Å². The van der Waals surface area contributed by atoms with E-state index in [4.69, 9.17) is 23.7 Å². The molecule has 1 aromatic carbocycles. The second-order valence-corrected chi connectivity index (χ2v) is 6.41. The first-order chi connectivity index (χ1) is 14.8. The minimum absolute atomic E-state index is 0.101. The lowest BCUT2D eigenvalue weighted by Gasteiger charge is -2.30. The number of ether oxygens (including phenoxy) is 6. The lowest BCUT2D eigenvalue weighted by Crippen LogP contribution is -2.29. The fraction of sp³-hybridized carbons (Fsp3) is 0.381. The maximum Gasteiger partial charge on any atom is 0.513 e. The van der Waals surface area contributed by atoms with Gasteiger partial charge in [-0.1, -0.05) is 12.1 Å². The van der Waals surface area contributed by atoms with Crippen LogP contribution in [0.5, 0.6) is 5.75 Å². The molecule has 168 valence electrons. The van der Waals surface area contributed by atoms with Crippen LogP contribution in [0.2, 0.25) is 0 Å². The molecule has 31 heavy (non-hydrogen) atoms. The van der Waals surface area contributed by atoms with E-state index in [2.05, 4.69) is 10.1 Å². The highest BCUT2D eigenvalue weighted by Crippen LogP contribution is 2.40. The first-order valence-corrected chi connectivity index (χ1v) is 9.33. The molecule has 10 nitrogen and oxygen atoms in total. The topological polar surface area (TPSA) is 119 Å². The van der Waals surface area contributed by atoms with Gasteiger partial charge in [0.25, 0.3) is 0 Å². The van der Waals surface area contributed by atoms with Crippen LogP contribution in [0.3, 0.4) is 0 Å². The van der Waals surface area contributed by atoms with Gasteiger partial charge in [0.05, 0.1) is 25.6 Å². The summed E-state index contributed by atoms with van der Waals surface area (Å²) in [5.74, 6) is -0.345. The molecule has 0 amide bonds. The van der Waals surface area contributed by atoms with Gasteiger partial charge in [0, 0.05) is 6.92 Å². The van der Waals surface area contributed by atoms with Crippen LogP contribution in [0.4, 0.5) is 9.59 Å². The van der Waals surface area contributed by atoms with E-state index in [0.717, 1.165) is 0 Å². The summed E-state index contributed by atoms with van der Waals surface area (Å²) >= 11 is 0. The summed E-state index contributed by atoms with van der Waals surface area (Å²) in [6.07, 6.45) is -1.93. The molecule has 1 heterocycles. The number of benzene rings is 1. The van der Waals surface area contributed by atoms with E-state index in [-0.39, 0.29) is 24.7 Å². The zero-order valence-electron chi connectivity index (χ0n) is 18.0. The number of dihydropyridines is 1. The molecule has 0 radical (unpaired) electrons. The van der Waals surface area contributed by atoms with Crippen molar-refractivity contribution >= 4 is 18.3 Å². The van der Waals surface area contributed by atoms with Crippen molar-refractivity contribution in [1.82, 2.24) is 5.32 Å². The zero-order valence-corrected chi connectivity index (χ0v) is 18.0. The number of allylic oxidation sites excluding steroid dienone is 2. The fourth-order valence-electron chi connectivity index (χ4n) is 2.91. The Kier molecular flexibility index (Phi) is 8.30. The summed E-state index contributed by atoms with van der Waals surface area (Å²) in [6, 6.07) is 7.01. The van der Waals surface area contributed by atoms with Gasteiger partial charge in [-0.05, 0) is 31.5 Å². The van der Waals surface area contributed by atoms with Crippen LogP contribution in [0.15, 0.2) is 47.2 Å². The number of hydrogen-bond acceptors (Lipinski definition) is 10. The van der Waals surface area contributed by atoms with Crippen LogP contribution in [-0.4, -0.2) is 45.7 Å². The average molecular weight is 435 g/mol. The molecule has 10 heteroatoms. The van der Waals surface area contributed by atoms with Crippen LogP contribution in [0.1, 0.15) is 32.3 Å². The predicted molar refractivity (Wildman–Crippen MR) is 107 cm³/mol. The van der Waals surface area contributed by atoms with Gasteiger partial charge < -0.3 is 33.7 Å². The third kappa shape index (κ3) is 6.39. The Morgan fingerprint density at radius 1 is 0.935 bits per heavy atom. The van der Waals surface area contributed by atoms with Crippen LogP contribution >= 0.6 is 0 Å². The number of carbonyl (C=O) groups is 3. The molecule has 1 N–H and O–H groups in total. The van der Waals surface area contributed by atoms with E-state index in [0.29, 0.717) is 22.7 Å². The first-order valence-electron chi connectivity index (χ1n) is 9.33. The van der Waals surface area contributed by atoms with Crippen LogP contribution in [-0.2, 0) is 28.5 Å². The minimum atomic E-state index is -1.01. The summed E-state index contributed by atoms with van der Waals surface area (Å²) in [7, 11) is 2.71. The van der Waals surface area contributed by atoms with Gasteiger partial charge in [-0.25, -0.2) is 9.59 Å². The summed E-state index contributed by atoms with van der Waals surface area (Å²) in [5, 5.41) is 3.02. The Bertz CT molecular complexity index is 904.